The van der Waals surface area contributed by atoms with Crippen molar-refractivity contribution in [1.29, 1.82) is 0 Å². The first-order valence-corrected chi connectivity index (χ1v) is 17.8. The monoisotopic (exact) mass is 856 g/mol. The number of anilines is 2. The van der Waals surface area contributed by atoms with Crippen molar-refractivity contribution in [3.63, 3.8) is 0 Å². The Hall–Kier alpha value is -4.93. The SMILES string of the molecule is Cc1c2cc3c(sc4ccccc43)c1-c1cc(-c3cc(C(C)(C)C)ccn3)[c-]cc1Nc1ccccc1-2.Cc1ccc(-c2[c-]cccc2)nc1.[Ir]. The van der Waals surface area contributed by atoms with E-state index in [9.17, 15) is 0 Å². The Morgan fingerprint density at radius 3 is 2.25 bits per heavy atom. The fourth-order valence-corrected chi connectivity index (χ4v) is 8.00. The van der Waals surface area contributed by atoms with Gasteiger partial charge in [0.25, 0.3) is 0 Å². The van der Waals surface area contributed by atoms with E-state index in [2.05, 4.69) is 135 Å². The molecule has 1 aliphatic rings. The second-order valence-corrected chi connectivity index (χ2v) is 15.0. The van der Waals surface area contributed by atoms with E-state index in [1.165, 1.54) is 59.1 Å². The number of aromatic nitrogens is 2. The van der Waals surface area contributed by atoms with Crippen LogP contribution < -0.4 is 5.32 Å². The van der Waals surface area contributed by atoms with Gasteiger partial charge in [-0.1, -0.05) is 80.9 Å². The summed E-state index contributed by atoms with van der Waals surface area (Å²) in [6.45, 7) is 11.0. The molecule has 0 saturated heterocycles. The number of pyridine rings is 2. The van der Waals surface area contributed by atoms with Crippen LogP contribution in [0.3, 0.4) is 0 Å². The predicted octanol–water partition coefficient (Wildman–Crippen LogP) is 12.8. The molecule has 1 aliphatic heterocycles. The van der Waals surface area contributed by atoms with E-state index in [0.717, 1.165) is 33.9 Å². The van der Waals surface area contributed by atoms with Gasteiger partial charge in [-0.2, -0.15) is 0 Å². The number of hydrogen-bond acceptors (Lipinski definition) is 4. The molecule has 0 amide bonds. The van der Waals surface area contributed by atoms with E-state index in [4.69, 9.17) is 4.98 Å². The third-order valence-electron chi connectivity index (χ3n) is 9.43. The number of fused-ring (bicyclic) bond motifs is 10. The molecule has 51 heavy (non-hydrogen) atoms. The van der Waals surface area contributed by atoms with Crippen LogP contribution in [-0.2, 0) is 25.5 Å². The molecule has 4 heterocycles. The summed E-state index contributed by atoms with van der Waals surface area (Å²) in [5, 5.41) is 6.39. The molecule has 0 saturated carbocycles. The molecule has 0 unspecified atom stereocenters. The molecule has 3 aromatic heterocycles. The zero-order chi connectivity index (χ0) is 34.4. The summed E-state index contributed by atoms with van der Waals surface area (Å²) in [4.78, 5) is 9.07. The Bertz CT molecular complexity index is 2510. The molecule has 0 fully saturated rings. The quantitative estimate of drug-likeness (QED) is 0.176. The number of benzene rings is 5. The number of nitrogens with zero attached hydrogens (tertiary/aromatic N) is 2. The van der Waals surface area contributed by atoms with E-state index in [0.29, 0.717) is 0 Å². The summed E-state index contributed by atoms with van der Waals surface area (Å²) >= 11 is 1.88. The van der Waals surface area contributed by atoms with Crippen LogP contribution in [0.15, 0.2) is 128 Å². The first-order chi connectivity index (χ1) is 24.2. The second kappa shape index (κ2) is 14.0. The summed E-state index contributed by atoms with van der Waals surface area (Å²) < 4.78 is 2.65. The standard InChI is InChI=1S/C34H27N2S.C12H10N.Ir/c1-20-25-19-26-24-10-6-8-12-31(24)37-33(26)32(20)27-17-21(30-18-22(15-16-35-30)34(2,3)4)13-14-29(27)36-28-11-7-5-9-23(25)28;1-10-7-8-12(13-9-10)11-5-3-2-4-6-11;/h5-12,14-19,36H,1-4H3;2-5,7-9H,1H3;/q2*-1;. The van der Waals surface area contributed by atoms with Crippen molar-refractivity contribution in [1.82, 2.24) is 9.97 Å². The summed E-state index contributed by atoms with van der Waals surface area (Å²) in [5.74, 6) is 0. The Balaban J connectivity index is 0.000000245. The molecule has 0 atom stereocenters. The summed E-state index contributed by atoms with van der Waals surface area (Å²) in [6, 6.07) is 47.1. The molecule has 3 nitrogen and oxygen atoms in total. The van der Waals surface area contributed by atoms with Crippen molar-refractivity contribution in [3.05, 3.63) is 156 Å². The van der Waals surface area contributed by atoms with Crippen molar-refractivity contribution in [2.75, 3.05) is 5.32 Å². The van der Waals surface area contributed by atoms with Gasteiger partial charge in [0.2, 0.25) is 0 Å². The Morgan fingerprint density at radius 2 is 1.47 bits per heavy atom. The van der Waals surface area contributed by atoms with Gasteiger partial charge in [0.05, 0.1) is 0 Å². The van der Waals surface area contributed by atoms with Crippen molar-refractivity contribution in [2.24, 2.45) is 0 Å². The zero-order valence-corrected chi connectivity index (χ0v) is 32.5. The zero-order valence-electron chi connectivity index (χ0n) is 29.3. The van der Waals surface area contributed by atoms with Crippen LogP contribution in [0, 0.1) is 26.0 Å². The van der Waals surface area contributed by atoms with Crippen LogP contribution in [-0.4, -0.2) is 9.97 Å². The van der Waals surface area contributed by atoms with Gasteiger partial charge in [0.1, 0.15) is 0 Å². The van der Waals surface area contributed by atoms with E-state index < -0.39 is 0 Å². The number of nitrogens with one attached hydrogen (secondary N) is 1. The maximum Gasteiger partial charge on any atom is 0.0421 e. The molecular formula is C46H37IrN3S-2. The molecular weight excluding hydrogens is 819 g/mol. The number of rotatable bonds is 2. The van der Waals surface area contributed by atoms with Crippen LogP contribution in [0.2, 0.25) is 0 Å². The van der Waals surface area contributed by atoms with Crippen LogP contribution in [0.1, 0.15) is 37.5 Å². The molecule has 5 heteroatoms. The summed E-state index contributed by atoms with van der Waals surface area (Å²) in [6.07, 6.45) is 3.79. The van der Waals surface area contributed by atoms with Crippen molar-refractivity contribution in [3.8, 4) is 44.8 Å². The Labute approximate surface area is 317 Å². The average molecular weight is 856 g/mol. The fraction of sp³-hybridized carbons (Fsp3) is 0.130. The van der Waals surface area contributed by atoms with Gasteiger partial charge in [-0.3, -0.25) is 0 Å². The molecule has 0 aliphatic carbocycles. The van der Waals surface area contributed by atoms with Crippen molar-refractivity contribution in [2.45, 2.75) is 40.0 Å². The Morgan fingerprint density at radius 1 is 0.667 bits per heavy atom. The van der Waals surface area contributed by atoms with E-state index in [1.54, 1.807) is 0 Å². The van der Waals surface area contributed by atoms with E-state index in [1.807, 2.05) is 61.0 Å². The molecule has 1 radical (unpaired) electrons. The molecule has 2 bridgehead atoms. The van der Waals surface area contributed by atoms with Gasteiger partial charge in [0.15, 0.2) is 0 Å². The van der Waals surface area contributed by atoms with Gasteiger partial charge < -0.3 is 15.3 Å². The maximum absolute atomic E-state index is 4.75. The predicted molar refractivity (Wildman–Crippen MR) is 212 cm³/mol. The number of thiophene rings is 1. The normalized spacial score (nSPS) is 11.6. The van der Waals surface area contributed by atoms with E-state index in [-0.39, 0.29) is 25.5 Å². The van der Waals surface area contributed by atoms with E-state index >= 15 is 0 Å². The molecule has 5 aromatic carbocycles. The number of para-hydroxylation sites is 1. The topological polar surface area (TPSA) is 37.8 Å². The second-order valence-electron chi connectivity index (χ2n) is 13.9. The third-order valence-corrected chi connectivity index (χ3v) is 10.6. The molecule has 9 rings (SSSR count). The van der Waals surface area contributed by atoms with Crippen LogP contribution in [0.5, 0.6) is 0 Å². The smallest absolute Gasteiger partial charge is 0.0421 e. The maximum atomic E-state index is 4.75. The van der Waals surface area contributed by atoms with Crippen LogP contribution in [0.25, 0.3) is 64.9 Å². The summed E-state index contributed by atoms with van der Waals surface area (Å²) in [7, 11) is 0. The average Bonchev–Trinajstić information content (AvgIpc) is 3.50. The first kappa shape index (κ1) is 34.5. The van der Waals surface area contributed by atoms with Gasteiger partial charge >= 0.3 is 0 Å². The Kier molecular flexibility index (Phi) is 9.47. The van der Waals surface area contributed by atoms with Gasteiger partial charge in [-0.05, 0) is 88.4 Å². The van der Waals surface area contributed by atoms with Crippen molar-refractivity contribution >= 4 is 42.9 Å². The van der Waals surface area contributed by atoms with Crippen LogP contribution >= 0.6 is 11.3 Å². The number of aryl methyl sites for hydroxylation is 1. The molecule has 253 valence electrons. The minimum atomic E-state index is 0. The number of hydrogen-bond donors (Lipinski definition) is 1. The first-order valence-electron chi connectivity index (χ1n) is 17.0. The minimum absolute atomic E-state index is 0. The van der Waals surface area contributed by atoms with Crippen molar-refractivity contribution < 1.29 is 20.1 Å². The third kappa shape index (κ3) is 6.66. The van der Waals surface area contributed by atoms with Gasteiger partial charge in [-0.25, -0.2) is 0 Å². The summed E-state index contributed by atoms with van der Waals surface area (Å²) in [5.41, 5.74) is 15.0. The largest absolute Gasteiger partial charge is 0.394 e. The molecule has 8 aromatic rings. The fourth-order valence-electron chi connectivity index (χ4n) is 6.70. The van der Waals surface area contributed by atoms with Crippen LogP contribution in [0.4, 0.5) is 11.4 Å². The molecule has 0 spiro atoms. The minimum Gasteiger partial charge on any atom is -0.394 e. The van der Waals surface area contributed by atoms with Gasteiger partial charge in [0, 0.05) is 63.9 Å². The molecule has 1 N–H and O–H groups in total. The van der Waals surface area contributed by atoms with Gasteiger partial charge in [-0.15, -0.1) is 71.0 Å².